The maximum Gasteiger partial charge on any atom is 0.272 e. The minimum atomic E-state index is -0.255. The first-order valence-electron chi connectivity index (χ1n) is 11.4. The Morgan fingerprint density at radius 3 is 2.59 bits per heavy atom. The van der Waals surface area contributed by atoms with Gasteiger partial charge in [0.15, 0.2) is 0 Å². The van der Waals surface area contributed by atoms with Crippen LogP contribution in [0.4, 0.5) is 0 Å². The highest BCUT2D eigenvalue weighted by Crippen LogP contribution is 2.43. The van der Waals surface area contributed by atoms with Crippen LogP contribution in [0.2, 0.25) is 0 Å². The van der Waals surface area contributed by atoms with Crippen LogP contribution in [0.5, 0.6) is 0 Å². The average molecular weight is 430 g/mol. The van der Waals surface area contributed by atoms with Crippen molar-refractivity contribution in [3.63, 3.8) is 0 Å². The fourth-order valence-electron chi connectivity index (χ4n) is 5.35. The van der Waals surface area contributed by atoms with Crippen LogP contribution in [0.3, 0.4) is 0 Å². The fraction of sp³-hybridized carbons (Fsp3) is 0.423. The number of carbonyl (C=O) groups is 2. The van der Waals surface area contributed by atoms with Gasteiger partial charge in [-0.3, -0.25) is 14.6 Å². The Morgan fingerprint density at radius 1 is 1.12 bits per heavy atom. The predicted octanol–water partition coefficient (Wildman–Crippen LogP) is 2.43. The maximum absolute atomic E-state index is 12.9. The highest BCUT2D eigenvalue weighted by molar-refractivity contribution is 5.96. The molecule has 1 aliphatic carbocycles. The van der Waals surface area contributed by atoms with Crippen molar-refractivity contribution >= 4 is 11.8 Å². The summed E-state index contributed by atoms with van der Waals surface area (Å²) in [5.41, 5.74) is 2.40. The van der Waals surface area contributed by atoms with Crippen LogP contribution >= 0.6 is 0 Å². The van der Waals surface area contributed by atoms with E-state index in [0.29, 0.717) is 18.2 Å². The summed E-state index contributed by atoms with van der Waals surface area (Å²) in [6, 6.07) is 12.9. The Balaban J connectivity index is 1.33. The van der Waals surface area contributed by atoms with Crippen LogP contribution in [0.15, 0.2) is 48.7 Å². The number of hydrogen-bond donors (Lipinski definition) is 1. The van der Waals surface area contributed by atoms with Gasteiger partial charge in [0.25, 0.3) is 5.91 Å². The number of aliphatic hydroxyl groups excluding tert-OH is 1. The second kappa shape index (κ2) is 8.76. The van der Waals surface area contributed by atoms with E-state index in [4.69, 9.17) is 0 Å². The molecular weight excluding hydrogens is 402 g/mol. The van der Waals surface area contributed by atoms with Gasteiger partial charge in [-0.1, -0.05) is 42.9 Å². The van der Waals surface area contributed by atoms with Gasteiger partial charge in [-0.15, -0.1) is 0 Å². The van der Waals surface area contributed by atoms with Crippen LogP contribution in [-0.2, 0) is 4.79 Å². The van der Waals surface area contributed by atoms with Crippen LogP contribution < -0.4 is 0 Å². The monoisotopic (exact) mass is 429 g/mol. The van der Waals surface area contributed by atoms with E-state index in [2.05, 4.69) is 16.8 Å². The molecule has 6 heteroatoms. The Labute approximate surface area is 188 Å². The minimum Gasteiger partial charge on any atom is -0.394 e. The Kier molecular flexibility index (Phi) is 5.67. The number of hydrogen-bond acceptors (Lipinski definition) is 4. The Morgan fingerprint density at radius 2 is 1.91 bits per heavy atom. The molecule has 3 aliphatic rings. The van der Waals surface area contributed by atoms with Crippen molar-refractivity contribution in [2.75, 3.05) is 19.7 Å². The number of nitrogens with zero attached hydrogens (tertiary/aromatic N) is 3. The van der Waals surface area contributed by atoms with Crippen molar-refractivity contribution in [3.8, 4) is 11.8 Å². The molecule has 6 nitrogen and oxygen atoms in total. The zero-order chi connectivity index (χ0) is 22.1. The van der Waals surface area contributed by atoms with Gasteiger partial charge in [-0.2, -0.15) is 0 Å². The molecule has 3 fully saturated rings. The molecule has 2 aliphatic heterocycles. The van der Waals surface area contributed by atoms with Crippen molar-refractivity contribution < 1.29 is 14.7 Å². The van der Waals surface area contributed by atoms with Crippen LogP contribution in [0.1, 0.15) is 53.2 Å². The number of rotatable bonds is 3. The Hall–Kier alpha value is -3.17. The van der Waals surface area contributed by atoms with E-state index in [1.54, 1.807) is 34.2 Å². The first-order valence-corrected chi connectivity index (χ1v) is 11.4. The summed E-state index contributed by atoms with van der Waals surface area (Å²) >= 11 is 0. The zero-order valence-electron chi connectivity index (χ0n) is 18.0. The third kappa shape index (κ3) is 3.78. The first-order chi connectivity index (χ1) is 15.7. The zero-order valence-corrected chi connectivity index (χ0v) is 18.0. The van der Waals surface area contributed by atoms with Crippen LogP contribution in [0, 0.1) is 17.8 Å². The summed E-state index contributed by atoms with van der Waals surface area (Å²) in [7, 11) is 0. The van der Waals surface area contributed by atoms with Gasteiger partial charge in [0.1, 0.15) is 12.2 Å². The second-order valence-electron chi connectivity index (χ2n) is 8.92. The largest absolute Gasteiger partial charge is 0.394 e. The van der Waals surface area contributed by atoms with E-state index in [0.717, 1.165) is 11.1 Å². The standard InChI is InChI=1S/C26H27N3O3/c30-17-23-25(20-12-10-19(11-13-20)9-8-18-5-1-2-6-18)22-15-28(16-24(31)29(22)23)26(32)21-7-3-4-14-27-21/h3-4,7,10-14,18,22-23,25,30H,1-2,5-6,15-17H2/t22-,23+,25-/m0/s1. The lowest BCUT2D eigenvalue weighted by Gasteiger charge is -2.58. The lowest BCUT2D eigenvalue weighted by atomic mass is 9.73. The summed E-state index contributed by atoms with van der Waals surface area (Å²) < 4.78 is 0. The summed E-state index contributed by atoms with van der Waals surface area (Å²) in [5, 5.41) is 9.98. The van der Waals surface area contributed by atoms with Crippen LogP contribution in [-0.4, -0.2) is 63.5 Å². The molecule has 164 valence electrons. The van der Waals surface area contributed by atoms with Crippen molar-refractivity contribution in [3.05, 3.63) is 65.5 Å². The van der Waals surface area contributed by atoms with Crippen molar-refractivity contribution in [2.24, 2.45) is 5.92 Å². The molecule has 1 N–H and O–H groups in total. The second-order valence-corrected chi connectivity index (χ2v) is 8.92. The number of carbonyl (C=O) groups excluding carboxylic acids is 2. The SMILES string of the molecule is O=C(c1ccccn1)N1CC(=O)N2[C@H](CO)[C@@H](c3ccc(C#CC4CCCC4)cc3)[C@@H]2C1. The maximum atomic E-state index is 12.9. The number of aromatic nitrogens is 1. The molecule has 1 saturated carbocycles. The quantitative estimate of drug-likeness (QED) is 0.761. The molecule has 2 amide bonds. The lowest BCUT2D eigenvalue weighted by Crippen LogP contribution is -2.73. The Bertz CT molecular complexity index is 1050. The topological polar surface area (TPSA) is 73.7 Å². The molecule has 2 aromatic rings. The summed E-state index contributed by atoms with van der Waals surface area (Å²) in [6.07, 6.45) is 6.53. The normalized spacial score (nSPS) is 25.0. The van der Waals surface area contributed by atoms with Crippen molar-refractivity contribution in [1.82, 2.24) is 14.8 Å². The molecule has 5 rings (SSSR count). The smallest absolute Gasteiger partial charge is 0.272 e. The molecule has 3 heterocycles. The molecule has 1 aromatic heterocycles. The lowest BCUT2D eigenvalue weighted by molar-refractivity contribution is -0.159. The molecular formula is C26H27N3O3. The van der Waals surface area contributed by atoms with Gasteiger partial charge in [0.2, 0.25) is 5.91 Å². The third-order valence-corrected chi connectivity index (χ3v) is 6.99. The number of fused-ring (bicyclic) bond motifs is 1. The molecule has 0 spiro atoms. The number of benzene rings is 1. The van der Waals surface area contributed by atoms with Crippen molar-refractivity contribution in [1.29, 1.82) is 0 Å². The van der Waals surface area contributed by atoms with E-state index in [1.807, 2.05) is 24.3 Å². The van der Waals surface area contributed by atoms with E-state index in [9.17, 15) is 14.7 Å². The molecule has 32 heavy (non-hydrogen) atoms. The third-order valence-electron chi connectivity index (χ3n) is 6.99. The molecule has 0 unspecified atom stereocenters. The predicted molar refractivity (Wildman–Crippen MR) is 120 cm³/mol. The van der Waals surface area contributed by atoms with Gasteiger partial charge >= 0.3 is 0 Å². The number of pyridine rings is 1. The number of aliphatic hydroxyl groups is 1. The van der Waals surface area contributed by atoms with E-state index in [1.165, 1.54) is 25.7 Å². The van der Waals surface area contributed by atoms with E-state index < -0.39 is 0 Å². The van der Waals surface area contributed by atoms with Gasteiger partial charge in [-0.05, 0) is 42.7 Å². The molecule has 2 saturated heterocycles. The highest BCUT2D eigenvalue weighted by Gasteiger charge is 2.54. The van der Waals surface area contributed by atoms with Gasteiger partial charge in [0, 0.05) is 30.1 Å². The molecule has 0 radical (unpaired) electrons. The molecule has 0 bridgehead atoms. The number of piperazine rings is 1. The summed E-state index contributed by atoms with van der Waals surface area (Å²) in [5.74, 6) is 6.83. The molecule has 3 atom stereocenters. The fourth-order valence-corrected chi connectivity index (χ4v) is 5.35. The molecule has 1 aromatic carbocycles. The van der Waals surface area contributed by atoms with Crippen LogP contribution in [0.25, 0.3) is 0 Å². The van der Waals surface area contributed by atoms with Crippen molar-refractivity contribution in [2.45, 2.75) is 43.7 Å². The minimum absolute atomic E-state index is 0.0138. The average Bonchev–Trinajstić information content (AvgIpc) is 3.33. The van der Waals surface area contributed by atoms with E-state index in [-0.39, 0.29) is 43.0 Å². The van der Waals surface area contributed by atoms with Gasteiger partial charge in [0.05, 0.1) is 18.7 Å². The summed E-state index contributed by atoms with van der Waals surface area (Å²) in [6.45, 7) is 0.362. The highest BCUT2D eigenvalue weighted by atomic mass is 16.3. The first kappa shape index (κ1) is 20.7. The van der Waals surface area contributed by atoms with Gasteiger partial charge < -0.3 is 14.9 Å². The summed E-state index contributed by atoms with van der Waals surface area (Å²) in [4.78, 5) is 33.1. The number of amides is 2. The van der Waals surface area contributed by atoms with Gasteiger partial charge in [-0.25, -0.2) is 0 Å². The van der Waals surface area contributed by atoms with E-state index >= 15 is 0 Å².